The first-order chi connectivity index (χ1) is 9.19. The van der Waals surface area contributed by atoms with Gasteiger partial charge in [-0.3, -0.25) is 4.90 Å². The zero-order valence-electron chi connectivity index (χ0n) is 10.4. The zero-order valence-corrected chi connectivity index (χ0v) is 10.4. The first-order valence-electron chi connectivity index (χ1n) is 6.11. The molecule has 1 aromatic carbocycles. The maximum atomic E-state index is 13.4. The highest BCUT2D eigenvalue weighted by atomic mass is 19.1. The molecule has 0 saturated carbocycles. The van der Waals surface area contributed by atoms with Gasteiger partial charge in [-0.2, -0.15) is 5.26 Å². The fraction of sp³-hybridized carbons (Fsp3) is 0.462. The maximum absolute atomic E-state index is 13.4. The first kappa shape index (κ1) is 13.7. The van der Waals surface area contributed by atoms with E-state index in [0.29, 0.717) is 26.2 Å². The summed E-state index contributed by atoms with van der Waals surface area (Å²) in [6, 6.07) is 3.39. The van der Waals surface area contributed by atoms with Gasteiger partial charge < -0.3 is 10.4 Å². The van der Waals surface area contributed by atoms with E-state index in [9.17, 15) is 13.9 Å². The molecule has 0 unspecified atom stereocenters. The fourth-order valence-electron chi connectivity index (χ4n) is 2.37. The van der Waals surface area contributed by atoms with E-state index in [0.717, 1.165) is 6.07 Å². The summed E-state index contributed by atoms with van der Waals surface area (Å²) in [7, 11) is 0. The van der Waals surface area contributed by atoms with Crippen LogP contribution in [0.5, 0.6) is 5.75 Å². The van der Waals surface area contributed by atoms with Gasteiger partial charge in [-0.25, -0.2) is 8.78 Å². The summed E-state index contributed by atoms with van der Waals surface area (Å²) in [4.78, 5) is 1.81. The Morgan fingerprint density at radius 3 is 2.68 bits per heavy atom. The number of halogens is 2. The standard InChI is InChI=1S/C13H15F2N3O/c14-7-11(18-5-3-17-4-6-18)12-9(8-16)1-2-10(15)13(12)19/h1-2,11,17,19H,3-7H2/t11-/m1/s1. The van der Waals surface area contributed by atoms with Gasteiger partial charge in [0.2, 0.25) is 0 Å². The van der Waals surface area contributed by atoms with Crippen LogP contribution in [0.15, 0.2) is 12.1 Å². The predicted octanol–water partition coefficient (Wildman–Crippen LogP) is 1.32. The first-order valence-corrected chi connectivity index (χ1v) is 6.11. The highest BCUT2D eigenvalue weighted by Crippen LogP contribution is 2.34. The highest BCUT2D eigenvalue weighted by Gasteiger charge is 2.28. The lowest BCUT2D eigenvalue weighted by Crippen LogP contribution is -2.45. The van der Waals surface area contributed by atoms with Crippen LogP contribution in [0.4, 0.5) is 8.78 Å². The van der Waals surface area contributed by atoms with Gasteiger partial charge in [-0.05, 0) is 12.1 Å². The summed E-state index contributed by atoms with van der Waals surface area (Å²) in [5.74, 6) is -1.46. The molecular weight excluding hydrogens is 252 g/mol. The number of nitrogens with one attached hydrogen (secondary N) is 1. The molecule has 6 heteroatoms. The van der Waals surface area contributed by atoms with Crippen LogP contribution in [-0.2, 0) is 0 Å². The maximum Gasteiger partial charge on any atom is 0.165 e. The van der Waals surface area contributed by atoms with Gasteiger partial charge in [0.1, 0.15) is 6.67 Å². The predicted molar refractivity (Wildman–Crippen MR) is 65.9 cm³/mol. The van der Waals surface area contributed by atoms with Gasteiger partial charge in [0.05, 0.1) is 17.7 Å². The number of phenolic OH excluding ortho intramolecular Hbond substituents is 1. The smallest absolute Gasteiger partial charge is 0.165 e. The minimum absolute atomic E-state index is 0.0481. The number of aromatic hydroxyl groups is 1. The van der Waals surface area contributed by atoms with E-state index in [4.69, 9.17) is 5.26 Å². The Morgan fingerprint density at radius 1 is 1.42 bits per heavy atom. The number of phenols is 1. The second-order valence-corrected chi connectivity index (χ2v) is 4.43. The molecule has 1 heterocycles. The Kier molecular flexibility index (Phi) is 4.30. The molecule has 1 saturated heterocycles. The summed E-state index contributed by atoms with van der Waals surface area (Å²) < 4.78 is 26.8. The van der Waals surface area contributed by atoms with E-state index >= 15 is 0 Å². The van der Waals surface area contributed by atoms with Gasteiger partial charge in [-0.1, -0.05) is 0 Å². The monoisotopic (exact) mass is 267 g/mol. The summed E-state index contributed by atoms with van der Waals surface area (Å²) in [5, 5.41) is 22.0. The molecule has 0 aliphatic carbocycles. The fourth-order valence-corrected chi connectivity index (χ4v) is 2.37. The van der Waals surface area contributed by atoms with E-state index in [1.54, 1.807) is 0 Å². The molecule has 1 fully saturated rings. The Bertz CT molecular complexity index is 495. The Balaban J connectivity index is 2.42. The minimum Gasteiger partial charge on any atom is -0.505 e. The molecule has 0 bridgehead atoms. The molecule has 1 atom stereocenters. The molecule has 4 nitrogen and oxygen atoms in total. The lowest BCUT2D eigenvalue weighted by atomic mass is 9.98. The van der Waals surface area contributed by atoms with Gasteiger partial charge in [0.15, 0.2) is 11.6 Å². The van der Waals surface area contributed by atoms with Crippen molar-refractivity contribution >= 4 is 0 Å². The molecule has 2 N–H and O–H groups in total. The van der Waals surface area contributed by atoms with Crippen LogP contribution in [-0.4, -0.2) is 42.9 Å². The van der Waals surface area contributed by atoms with Crippen molar-refractivity contribution in [3.05, 3.63) is 29.1 Å². The van der Waals surface area contributed by atoms with Crippen LogP contribution in [0.1, 0.15) is 17.2 Å². The summed E-state index contributed by atoms with van der Waals surface area (Å²) in [6.45, 7) is 1.82. The number of alkyl halides is 1. The van der Waals surface area contributed by atoms with Crippen molar-refractivity contribution in [3.8, 4) is 11.8 Å². The normalized spacial score (nSPS) is 17.9. The molecule has 1 aliphatic rings. The van der Waals surface area contributed by atoms with E-state index < -0.39 is 24.3 Å². The summed E-state index contributed by atoms with van der Waals surface area (Å²) in [5.41, 5.74) is 0.159. The zero-order chi connectivity index (χ0) is 13.8. The number of piperazine rings is 1. The Hall–Kier alpha value is -1.71. The van der Waals surface area contributed by atoms with Crippen LogP contribution in [0.3, 0.4) is 0 Å². The highest BCUT2D eigenvalue weighted by molar-refractivity contribution is 5.48. The number of nitriles is 1. The molecule has 19 heavy (non-hydrogen) atoms. The molecule has 0 aromatic heterocycles. The lowest BCUT2D eigenvalue weighted by molar-refractivity contribution is 0.144. The molecule has 1 aromatic rings. The number of benzene rings is 1. The second-order valence-electron chi connectivity index (χ2n) is 4.43. The van der Waals surface area contributed by atoms with Crippen molar-refractivity contribution < 1.29 is 13.9 Å². The third-order valence-electron chi connectivity index (χ3n) is 3.36. The van der Waals surface area contributed by atoms with Gasteiger partial charge in [-0.15, -0.1) is 0 Å². The van der Waals surface area contributed by atoms with Crippen LogP contribution in [0.25, 0.3) is 0 Å². The van der Waals surface area contributed by atoms with Crippen molar-refractivity contribution in [1.29, 1.82) is 5.26 Å². The number of hydrogen-bond acceptors (Lipinski definition) is 4. The third kappa shape index (κ3) is 2.67. The van der Waals surface area contributed by atoms with Crippen molar-refractivity contribution in [2.45, 2.75) is 6.04 Å². The van der Waals surface area contributed by atoms with E-state index in [2.05, 4.69) is 5.32 Å². The number of rotatable bonds is 3. The quantitative estimate of drug-likeness (QED) is 0.867. The Labute approximate surface area is 110 Å². The largest absolute Gasteiger partial charge is 0.505 e. The average Bonchev–Trinajstić information content (AvgIpc) is 2.45. The lowest BCUT2D eigenvalue weighted by Gasteiger charge is -2.34. The summed E-state index contributed by atoms with van der Waals surface area (Å²) in [6.07, 6.45) is 0. The topological polar surface area (TPSA) is 59.3 Å². The molecule has 102 valence electrons. The average molecular weight is 267 g/mol. The molecule has 2 rings (SSSR count). The van der Waals surface area contributed by atoms with Crippen LogP contribution in [0.2, 0.25) is 0 Å². The van der Waals surface area contributed by atoms with Crippen molar-refractivity contribution in [2.24, 2.45) is 0 Å². The van der Waals surface area contributed by atoms with Crippen LogP contribution >= 0.6 is 0 Å². The second kappa shape index (κ2) is 5.95. The van der Waals surface area contributed by atoms with E-state index in [1.165, 1.54) is 6.07 Å². The van der Waals surface area contributed by atoms with Gasteiger partial charge >= 0.3 is 0 Å². The third-order valence-corrected chi connectivity index (χ3v) is 3.36. The summed E-state index contributed by atoms with van der Waals surface area (Å²) >= 11 is 0. The van der Waals surface area contributed by atoms with Crippen molar-refractivity contribution in [1.82, 2.24) is 10.2 Å². The molecule has 0 amide bonds. The molecular formula is C13H15F2N3O. The molecule has 0 radical (unpaired) electrons. The SMILES string of the molecule is N#Cc1ccc(F)c(O)c1[C@@H](CF)N1CCNCC1. The minimum atomic E-state index is -0.831. The molecule has 1 aliphatic heterocycles. The van der Waals surface area contributed by atoms with Gasteiger partial charge in [0, 0.05) is 31.7 Å². The van der Waals surface area contributed by atoms with Crippen LogP contribution in [0, 0.1) is 17.1 Å². The van der Waals surface area contributed by atoms with Crippen molar-refractivity contribution in [2.75, 3.05) is 32.9 Å². The number of nitrogens with zero attached hydrogens (tertiary/aromatic N) is 2. The van der Waals surface area contributed by atoms with Crippen molar-refractivity contribution in [3.63, 3.8) is 0 Å². The Morgan fingerprint density at radius 2 is 2.11 bits per heavy atom. The molecule has 0 spiro atoms. The van der Waals surface area contributed by atoms with E-state index in [-0.39, 0.29) is 11.1 Å². The van der Waals surface area contributed by atoms with Crippen LogP contribution < -0.4 is 5.32 Å². The number of hydrogen-bond donors (Lipinski definition) is 2. The van der Waals surface area contributed by atoms with Gasteiger partial charge in [0.25, 0.3) is 0 Å². The van der Waals surface area contributed by atoms with E-state index in [1.807, 2.05) is 11.0 Å².